The first-order valence-electron chi connectivity index (χ1n) is 12.0. The van der Waals surface area contributed by atoms with E-state index in [9.17, 15) is 5.26 Å². The molecular weight excluding hydrogens is 406 g/mol. The van der Waals surface area contributed by atoms with Crippen LogP contribution in [0.5, 0.6) is 5.75 Å². The molecule has 0 spiro atoms. The molecule has 0 aliphatic carbocycles. The summed E-state index contributed by atoms with van der Waals surface area (Å²) in [6.45, 7) is 7.38. The fourth-order valence-corrected chi connectivity index (χ4v) is 3.97. The molecule has 0 radical (unpaired) electrons. The number of pyridine rings is 1. The van der Waals surface area contributed by atoms with Gasteiger partial charge in [0.1, 0.15) is 23.2 Å². The Kier molecular flexibility index (Phi) is 8.89. The SMILES string of the molecule is CCCCCCCOc1ccc(-c2cc(-c3ccc(CC(C)C)cc3)nc(N)c2C#N)cc1. The first kappa shape index (κ1) is 24.3. The molecule has 2 aromatic carbocycles. The summed E-state index contributed by atoms with van der Waals surface area (Å²) < 4.78 is 5.89. The smallest absolute Gasteiger partial charge is 0.142 e. The minimum atomic E-state index is 0.253. The highest BCUT2D eigenvalue weighted by Gasteiger charge is 2.14. The van der Waals surface area contributed by atoms with Crippen molar-refractivity contribution < 1.29 is 4.74 Å². The van der Waals surface area contributed by atoms with Crippen molar-refractivity contribution >= 4 is 5.82 Å². The molecule has 0 saturated heterocycles. The molecule has 4 heteroatoms. The fraction of sp³-hybridized carbons (Fsp3) is 0.379. The van der Waals surface area contributed by atoms with E-state index in [1.807, 2.05) is 30.3 Å². The van der Waals surface area contributed by atoms with Crippen molar-refractivity contribution in [1.29, 1.82) is 5.26 Å². The number of nitrogen functional groups attached to an aromatic ring is 1. The maximum atomic E-state index is 9.71. The Labute approximate surface area is 198 Å². The van der Waals surface area contributed by atoms with Gasteiger partial charge in [-0.3, -0.25) is 0 Å². The van der Waals surface area contributed by atoms with E-state index >= 15 is 0 Å². The molecule has 1 aromatic heterocycles. The number of rotatable bonds is 11. The molecule has 3 rings (SSSR count). The number of anilines is 1. The maximum absolute atomic E-state index is 9.71. The Bertz CT molecular complexity index is 1060. The number of benzene rings is 2. The molecule has 172 valence electrons. The molecule has 3 aromatic rings. The monoisotopic (exact) mass is 441 g/mol. The molecule has 0 unspecified atom stereocenters. The van der Waals surface area contributed by atoms with Crippen molar-refractivity contribution in [3.63, 3.8) is 0 Å². The number of unbranched alkanes of at least 4 members (excludes halogenated alkanes) is 4. The predicted octanol–water partition coefficient (Wildman–Crippen LogP) is 7.42. The van der Waals surface area contributed by atoms with E-state index in [0.29, 0.717) is 11.5 Å². The Morgan fingerprint density at radius 1 is 0.939 bits per heavy atom. The van der Waals surface area contributed by atoms with E-state index in [1.54, 1.807) is 0 Å². The highest BCUT2D eigenvalue weighted by molar-refractivity contribution is 5.80. The van der Waals surface area contributed by atoms with Crippen molar-refractivity contribution in [2.45, 2.75) is 59.3 Å². The van der Waals surface area contributed by atoms with Crippen LogP contribution >= 0.6 is 0 Å². The topological polar surface area (TPSA) is 71.9 Å². The van der Waals surface area contributed by atoms with Crippen LogP contribution in [-0.4, -0.2) is 11.6 Å². The number of nitrogens with zero attached hydrogens (tertiary/aromatic N) is 2. The van der Waals surface area contributed by atoms with Gasteiger partial charge >= 0.3 is 0 Å². The van der Waals surface area contributed by atoms with Gasteiger partial charge in [-0.1, -0.05) is 82.9 Å². The lowest BCUT2D eigenvalue weighted by Crippen LogP contribution is -2.00. The number of hydrogen-bond donors (Lipinski definition) is 1. The highest BCUT2D eigenvalue weighted by atomic mass is 16.5. The van der Waals surface area contributed by atoms with E-state index in [4.69, 9.17) is 10.5 Å². The van der Waals surface area contributed by atoms with Crippen molar-refractivity contribution in [2.75, 3.05) is 12.3 Å². The lowest BCUT2D eigenvalue weighted by molar-refractivity contribution is 0.304. The summed E-state index contributed by atoms with van der Waals surface area (Å²) in [5, 5.41) is 9.71. The van der Waals surface area contributed by atoms with Gasteiger partial charge in [0.05, 0.1) is 12.3 Å². The Balaban J connectivity index is 1.78. The zero-order valence-corrected chi connectivity index (χ0v) is 20.1. The first-order valence-corrected chi connectivity index (χ1v) is 12.0. The molecule has 0 bridgehead atoms. The number of hydrogen-bond acceptors (Lipinski definition) is 4. The molecule has 0 aliphatic heterocycles. The summed E-state index contributed by atoms with van der Waals surface area (Å²) in [6.07, 6.45) is 7.12. The molecule has 0 amide bonds. The maximum Gasteiger partial charge on any atom is 0.142 e. The minimum Gasteiger partial charge on any atom is -0.494 e. The lowest BCUT2D eigenvalue weighted by Gasteiger charge is -2.12. The number of nitriles is 1. The summed E-state index contributed by atoms with van der Waals surface area (Å²) in [6, 6.07) is 20.5. The third-order valence-corrected chi connectivity index (χ3v) is 5.73. The van der Waals surface area contributed by atoms with Gasteiger partial charge < -0.3 is 10.5 Å². The molecule has 4 nitrogen and oxygen atoms in total. The summed E-state index contributed by atoms with van der Waals surface area (Å²) in [5.74, 6) is 1.71. The largest absolute Gasteiger partial charge is 0.494 e. The average molecular weight is 442 g/mol. The fourth-order valence-electron chi connectivity index (χ4n) is 3.97. The Hall–Kier alpha value is -3.32. The second-order valence-corrected chi connectivity index (χ2v) is 9.01. The average Bonchev–Trinajstić information content (AvgIpc) is 2.81. The standard InChI is InChI=1S/C29H35N3O/c1-4-5-6-7-8-17-33-25-15-13-23(14-16-25)26-19-28(32-29(31)27(26)20-30)24-11-9-22(10-12-24)18-21(2)3/h9-16,19,21H,4-8,17-18H2,1-3H3,(H2,31,32). The van der Waals surface area contributed by atoms with Crippen molar-refractivity contribution in [1.82, 2.24) is 4.98 Å². The molecule has 0 atom stereocenters. The van der Waals surface area contributed by atoms with Gasteiger partial charge in [0, 0.05) is 11.1 Å². The van der Waals surface area contributed by atoms with Crippen LogP contribution in [0.15, 0.2) is 54.6 Å². The Morgan fingerprint density at radius 2 is 1.61 bits per heavy atom. The van der Waals surface area contributed by atoms with Crippen molar-refractivity contribution in [2.24, 2.45) is 5.92 Å². The highest BCUT2D eigenvalue weighted by Crippen LogP contribution is 2.32. The summed E-state index contributed by atoms with van der Waals surface area (Å²) >= 11 is 0. The van der Waals surface area contributed by atoms with Gasteiger partial charge in [-0.25, -0.2) is 4.98 Å². The molecule has 33 heavy (non-hydrogen) atoms. The van der Waals surface area contributed by atoms with Gasteiger partial charge in [0.15, 0.2) is 0 Å². The minimum absolute atomic E-state index is 0.253. The van der Waals surface area contributed by atoms with E-state index in [2.05, 4.69) is 56.1 Å². The van der Waals surface area contributed by atoms with E-state index in [-0.39, 0.29) is 5.82 Å². The molecule has 0 aliphatic rings. The van der Waals surface area contributed by atoms with Crippen LogP contribution in [0.1, 0.15) is 64.0 Å². The summed E-state index contributed by atoms with van der Waals surface area (Å²) in [5.41, 5.74) is 11.4. The van der Waals surface area contributed by atoms with Gasteiger partial charge in [-0.15, -0.1) is 0 Å². The molecule has 2 N–H and O–H groups in total. The predicted molar refractivity (Wildman–Crippen MR) is 137 cm³/mol. The number of nitrogens with two attached hydrogens (primary N) is 1. The molecule has 0 fully saturated rings. The van der Waals surface area contributed by atoms with Crippen LogP contribution in [0.2, 0.25) is 0 Å². The van der Waals surface area contributed by atoms with Crippen LogP contribution in [0.3, 0.4) is 0 Å². The third-order valence-electron chi connectivity index (χ3n) is 5.73. The van der Waals surface area contributed by atoms with Gasteiger partial charge in [-0.05, 0) is 48.1 Å². The normalized spacial score (nSPS) is 10.9. The van der Waals surface area contributed by atoms with Crippen LogP contribution in [0.25, 0.3) is 22.4 Å². The number of aromatic nitrogens is 1. The van der Waals surface area contributed by atoms with Gasteiger partial charge in [-0.2, -0.15) is 5.26 Å². The zero-order chi connectivity index (χ0) is 23.6. The van der Waals surface area contributed by atoms with Crippen LogP contribution < -0.4 is 10.5 Å². The van der Waals surface area contributed by atoms with Crippen LogP contribution in [0.4, 0.5) is 5.82 Å². The lowest BCUT2D eigenvalue weighted by atomic mass is 9.97. The van der Waals surface area contributed by atoms with Crippen LogP contribution in [-0.2, 0) is 6.42 Å². The van der Waals surface area contributed by atoms with Crippen molar-refractivity contribution in [3.05, 3.63) is 65.7 Å². The third kappa shape index (κ3) is 6.83. The van der Waals surface area contributed by atoms with Crippen LogP contribution in [0, 0.1) is 17.2 Å². The van der Waals surface area contributed by atoms with E-state index in [0.717, 1.165) is 47.6 Å². The first-order chi connectivity index (χ1) is 16.0. The van der Waals surface area contributed by atoms with Gasteiger partial charge in [0.25, 0.3) is 0 Å². The number of ether oxygens (including phenoxy) is 1. The Morgan fingerprint density at radius 3 is 2.24 bits per heavy atom. The molecule has 1 heterocycles. The second-order valence-electron chi connectivity index (χ2n) is 9.01. The quantitative estimate of drug-likeness (QED) is 0.314. The molecule has 0 saturated carbocycles. The van der Waals surface area contributed by atoms with E-state index < -0.39 is 0 Å². The molecular formula is C29H35N3O. The van der Waals surface area contributed by atoms with Gasteiger partial charge in [0.2, 0.25) is 0 Å². The zero-order valence-electron chi connectivity index (χ0n) is 20.1. The van der Waals surface area contributed by atoms with Crippen molar-refractivity contribution in [3.8, 4) is 34.2 Å². The van der Waals surface area contributed by atoms with E-state index in [1.165, 1.54) is 31.2 Å². The summed E-state index contributed by atoms with van der Waals surface area (Å²) in [4.78, 5) is 4.51. The second kappa shape index (κ2) is 12.1. The summed E-state index contributed by atoms with van der Waals surface area (Å²) in [7, 11) is 0.